The van der Waals surface area contributed by atoms with Gasteiger partial charge in [-0.15, -0.1) is 0 Å². The highest BCUT2D eigenvalue weighted by Crippen LogP contribution is 2.29. The number of nitrogens with zero attached hydrogens (tertiary/aromatic N) is 2. The molecule has 0 atom stereocenters. The minimum Gasteiger partial charge on any atom is -0.492 e. The number of hydrogen-bond donors (Lipinski definition) is 0. The fourth-order valence-corrected chi connectivity index (χ4v) is 4.49. The third kappa shape index (κ3) is 5.29. The number of carbonyl (C=O) groups excluding carboxylic acids is 1. The highest BCUT2D eigenvalue weighted by Gasteiger charge is 2.27. The van der Waals surface area contributed by atoms with Crippen molar-refractivity contribution in [1.29, 1.82) is 0 Å². The number of sulfonamides is 1. The molecule has 0 bridgehead atoms. The van der Waals surface area contributed by atoms with E-state index in [-0.39, 0.29) is 28.9 Å². The molecule has 0 aliphatic heterocycles. The van der Waals surface area contributed by atoms with Gasteiger partial charge >= 0.3 is 0 Å². The van der Waals surface area contributed by atoms with Gasteiger partial charge < -0.3 is 9.64 Å². The molecule has 0 spiro atoms. The van der Waals surface area contributed by atoms with Crippen molar-refractivity contribution in [2.24, 2.45) is 0 Å². The summed E-state index contributed by atoms with van der Waals surface area (Å²) < 4.78 is 32.6. The van der Waals surface area contributed by atoms with Crippen molar-refractivity contribution >= 4 is 33.2 Å². The highest BCUT2D eigenvalue weighted by molar-refractivity contribution is 7.89. The van der Waals surface area contributed by atoms with E-state index >= 15 is 0 Å². The quantitative estimate of drug-likeness (QED) is 0.624. The van der Waals surface area contributed by atoms with Crippen molar-refractivity contribution < 1.29 is 17.9 Å². The fraction of sp³-hybridized carbons (Fsp3) is 0.381. The van der Waals surface area contributed by atoms with Gasteiger partial charge in [0.15, 0.2) is 0 Å². The Morgan fingerprint density at radius 1 is 1.07 bits per heavy atom. The molecule has 0 fully saturated rings. The van der Waals surface area contributed by atoms with Gasteiger partial charge in [-0.25, -0.2) is 8.42 Å². The molecule has 0 N–H and O–H groups in total. The van der Waals surface area contributed by atoms with Gasteiger partial charge in [0, 0.05) is 19.3 Å². The molecule has 0 heterocycles. The number of hydrogen-bond acceptors (Lipinski definition) is 4. The number of anilines is 1. The van der Waals surface area contributed by atoms with E-state index in [2.05, 4.69) is 0 Å². The normalized spacial score (nSPS) is 11.6. The number of halogens is 1. The molecule has 0 radical (unpaired) electrons. The fourth-order valence-electron chi connectivity index (χ4n) is 2.77. The van der Waals surface area contributed by atoms with Gasteiger partial charge in [-0.3, -0.25) is 4.79 Å². The maximum absolute atomic E-state index is 13.0. The lowest BCUT2D eigenvalue weighted by Gasteiger charge is -2.24. The molecule has 0 saturated carbocycles. The third-order valence-corrected chi connectivity index (χ3v) is 6.97. The molecule has 29 heavy (non-hydrogen) atoms. The van der Waals surface area contributed by atoms with Crippen LogP contribution >= 0.6 is 11.6 Å². The van der Waals surface area contributed by atoms with Crippen LogP contribution in [0.3, 0.4) is 0 Å². The number of rotatable bonds is 8. The maximum atomic E-state index is 13.0. The van der Waals surface area contributed by atoms with Crippen LogP contribution in [0.25, 0.3) is 0 Å². The monoisotopic (exact) mass is 438 g/mol. The summed E-state index contributed by atoms with van der Waals surface area (Å²) >= 11 is 6.14. The minimum absolute atomic E-state index is 0.0226. The first-order valence-electron chi connectivity index (χ1n) is 9.38. The Morgan fingerprint density at radius 2 is 1.76 bits per heavy atom. The number of benzene rings is 2. The number of amides is 1. The Balaban J connectivity index is 2.24. The summed E-state index contributed by atoms with van der Waals surface area (Å²) in [5.41, 5.74) is 2.90. The molecule has 0 aliphatic rings. The molecule has 2 aromatic rings. The molecular formula is C21H27ClN2O4S. The summed E-state index contributed by atoms with van der Waals surface area (Å²) in [6.45, 7) is 7.78. The standard InChI is InChI=1S/C21H27ClN2O4S/c1-6-24(14-21(25)23(5)17-9-8-15(3)16(4)12-17)29(26,27)18-10-11-20(28-7-2)19(22)13-18/h8-13H,6-7,14H2,1-5H3. The van der Waals surface area contributed by atoms with Crippen molar-refractivity contribution in [3.8, 4) is 5.75 Å². The Bertz CT molecular complexity index is 992. The maximum Gasteiger partial charge on any atom is 0.243 e. The van der Waals surface area contributed by atoms with E-state index < -0.39 is 10.0 Å². The number of aryl methyl sites for hydroxylation is 2. The van der Waals surface area contributed by atoms with Gasteiger partial charge in [0.2, 0.25) is 15.9 Å². The number of ether oxygens (including phenoxy) is 1. The summed E-state index contributed by atoms with van der Waals surface area (Å²) in [4.78, 5) is 14.3. The Morgan fingerprint density at radius 3 is 2.31 bits per heavy atom. The van der Waals surface area contributed by atoms with Crippen LogP contribution < -0.4 is 9.64 Å². The van der Waals surface area contributed by atoms with Crippen molar-refractivity contribution in [2.45, 2.75) is 32.6 Å². The van der Waals surface area contributed by atoms with E-state index in [1.165, 1.54) is 23.1 Å². The van der Waals surface area contributed by atoms with Crippen LogP contribution in [0.4, 0.5) is 5.69 Å². The third-order valence-electron chi connectivity index (χ3n) is 4.76. The molecule has 1 amide bonds. The lowest BCUT2D eigenvalue weighted by atomic mass is 10.1. The van der Waals surface area contributed by atoms with Gasteiger partial charge in [-0.2, -0.15) is 4.31 Å². The Labute approximate surface area is 178 Å². The van der Waals surface area contributed by atoms with Crippen molar-refractivity contribution in [1.82, 2.24) is 4.31 Å². The molecule has 0 unspecified atom stereocenters. The Hall–Kier alpha value is -2.09. The lowest BCUT2D eigenvalue weighted by molar-refractivity contribution is -0.118. The first-order chi connectivity index (χ1) is 13.6. The van der Waals surface area contributed by atoms with Gasteiger partial charge in [-0.1, -0.05) is 24.6 Å². The van der Waals surface area contributed by atoms with E-state index in [0.29, 0.717) is 12.4 Å². The summed E-state index contributed by atoms with van der Waals surface area (Å²) in [6.07, 6.45) is 0. The minimum atomic E-state index is -3.89. The molecule has 0 saturated heterocycles. The second kappa shape index (κ2) is 9.61. The number of carbonyl (C=O) groups is 1. The smallest absolute Gasteiger partial charge is 0.243 e. The summed E-state index contributed by atoms with van der Waals surface area (Å²) in [6, 6.07) is 10.00. The zero-order valence-electron chi connectivity index (χ0n) is 17.4. The first-order valence-corrected chi connectivity index (χ1v) is 11.2. The molecule has 0 aromatic heterocycles. The second-order valence-corrected chi connectivity index (χ2v) is 9.02. The van der Waals surface area contributed by atoms with E-state index in [1.54, 1.807) is 14.0 Å². The van der Waals surface area contributed by atoms with Gasteiger partial charge in [0.25, 0.3) is 0 Å². The molecular weight excluding hydrogens is 412 g/mol. The van der Waals surface area contributed by atoms with Crippen molar-refractivity contribution in [2.75, 3.05) is 31.6 Å². The van der Waals surface area contributed by atoms with E-state index in [4.69, 9.17) is 16.3 Å². The van der Waals surface area contributed by atoms with Crippen LogP contribution in [0.2, 0.25) is 5.02 Å². The summed E-state index contributed by atoms with van der Waals surface area (Å²) in [7, 11) is -2.25. The average molecular weight is 439 g/mol. The van der Waals surface area contributed by atoms with Crippen molar-refractivity contribution in [3.05, 3.63) is 52.5 Å². The lowest BCUT2D eigenvalue weighted by Crippen LogP contribution is -2.41. The highest BCUT2D eigenvalue weighted by atomic mass is 35.5. The summed E-state index contributed by atoms with van der Waals surface area (Å²) in [5, 5.41) is 0.211. The van der Waals surface area contributed by atoms with Crippen LogP contribution in [0.5, 0.6) is 5.75 Å². The zero-order chi connectivity index (χ0) is 21.8. The van der Waals surface area contributed by atoms with Gasteiger partial charge in [0.1, 0.15) is 5.75 Å². The summed E-state index contributed by atoms with van der Waals surface area (Å²) in [5.74, 6) is 0.0948. The van der Waals surface area contributed by atoms with Crippen LogP contribution in [-0.2, 0) is 14.8 Å². The van der Waals surface area contributed by atoms with Crippen LogP contribution in [0.15, 0.2) is 41.3 Å². The van der Waals surface area contributed by atoms with Crippen molar-refractivity contribution in [3.63, 3.8) is 0 Å². The van der Waals surface area contributed by atoms with E-state index in [0.717, 1.165) is 21.1 Å². The molecule has 2 aromatic carbocycles. The predicted molar refractivity (Wildman–Crippen MR) is 116 cm³/mol. The molecule has 8 heteroatoms. The topological polar surface area (TPSA) is 66.9 Å². The molecule has 158 valence electrons. The number of likely N-dealkylation sites (N-methyl/N-ethyl adjacent to an activating group) is 2. The van der Waals surface area contributed by atoms with Crippen LogP contribution in [0.1, 0.15) is 25.0 Å². The SMILES string of the molecule is CCOc1ccc(S(=O)(=O)N(CC)CC(=O)N(C)c2ccc(C)c(C)c2)cc1Cl. The largest absolute Gasteiger partial charge is 0.492 e. The second-order valence-electron chi connectivity index (χ2n) is 6.68. The molecule has 6 nitrogen and oxygen atoms in total. The average Bonchev–Trinajstić information content (AvgIpc) is 2.68. The predicted octanol–water partition coefficient (Wildman–Crippen LogP) is 4.03. The Kier molecular flexibility index (Phi) is 7.68. The van der Waals surface area contributed by atoms with Gasteiger partial charge in [-0.05, 0) is 62.2 Å². The van der Waals surface area contributed by atoms with E-state index in [1.807, 2.05) is 39.0 Å². The van der Waals surface area contributed by atoms with Crippen LogP contribution in [0, 0.1) is 13.8 Å². The zero-order valence-corrected chi connectivity index (χ0v) is 19.0. The molecule has 0 aliphatic carbocycles. The van der Waals surface area contributed by atoms with Gasteiger partial charge in [0.05, 0.1) is 23.1 Å². The van der Waals surface area contributed by atoms with Crippen LogP contribution in [-0.4, -0.2) is 45.4 Å². The first kappa shape index (κ1) is 23.2. The van der Waals surface area contributed by atoms with E-state index in [9.17, 15) is 13.2 Å². The molecule has 2 rings (SSSR count).